The molecule has 0 saturated heterocycles. The van der Waals surface area contributed by atoms with Crippen molar-refractivity contribution in [1.29, 1.82) is 0 Å². The quantitative estimate of drug-likeness (QED) is 0.843. The van der Waals surface area contributed by atoms with Gasteiger partial charge in [0.15, 0.2) is 0 Å². The summed E-state index contributed by atoms with van der Waals surface area (Å²) in [7, 11) is 5.75. The summed E-state index contributed by atoms with van der Waals surface area (Å²) in [6.45, 7) is 0.685. The highest BCUT2D eigenvalue weighted by molar-refractivity contribution is 5.37. The molecule has 6 heteroatoms. The van der Waals surface area contributed by atoms with E-state index in [9.17, 15) is 0 Å². The highest BCUT2D eigenvalue weighted by Crippen LogP contribution is 2.22. The molecular weight excluding hydrogens is 266 g/mol. The Morgan fingerprint density at radius 1 is 1.29 bits per heavy atom. The number of hydrogen-bond donors (Lipinski definition) is 2. The second kappa shape index (κ2) is 6.90. The molecule has 0 aliphatic heterocycles. The molecule has 0 spiro atoms. The summed E-state index contributed by atoms with van der Waals surface area (Å²) >= 11 is 0. The zero-order valence-electron chi connectivity index (χ0n) is 12.6. The van der Waals surface area contributed by atoms with E-state index < -0.39 is 0 Å². The maximum absolute atomic E-state index is 5.58. The number of aromatic nitrogens is 2. The van der Waals surface area contributed by atoms with Crippen LogP contribution in [0.1, 0.15) is 11.6 Å². The number of ether oxygens (including phenoxy) is 1. The monoisotopic (exact) mass is 287 g/mol. The topological polar surface area (TPSA) is 76.3 Å². The summed E-state index contributed by atoms with van der Waals surface area (Å²) < 4.78 is 5.28. The molecule has 3 N–H and O–H groups in total. The Labute approximate surface area is 125 Å². The fourth-order valence-electron chi connectivity index (χ4n) is 2.06. The van der Waals surface area contributed by atoms with Crippen LogP contribution >= 0.6 is 0 Å². The summed E-state index contributed by atoms with van der Waals surface area (Å²) in [5, 5.41) is 3.23. The Bertz CT molecular complexity index is 571. The van der Waals surface area contributed by atoms with Crippen molar-refractivity contribution in [3.05, 3.63) is 42.2 Å². The van der Waals surface area contributed by atoms with Gasteiger partial charge < -0.3 is 20.7 Å². The van der Waals surface area contributed by atoms with Crippen molar-refractivity contribution in [1.82, 2.24) is 14.9 Å². The van der Waals surface area contributed by atoms with Gasteiger partial charge in [-0.25, -0.2) is 9.97 Å². The minimum absolute atomic E-state index is 0.182. The molecule has 21 heavy (non-hydrogen) atoms. The van der Waals surface area contributed by atoms with Gasteiger partial charge in [-0.15, -0.1) is 0 Å². The standard InChI is InChI=1S/C15H21N5O/c1-20(2)14(11-5-4-6-13(7-11)21-3)10-19-15-17-8-12(16)9-18-15/h4-9,14H,10,16H2,1-3H3,(H,17,18,19). The Morgan fingerprint density at radius 3 is 2.62 bits per heavy atom. The number of methoxy groups -OCH3 is 1. The van der Waals surface area contributed by atoms with E-state index in [-0.39, 0.29) is 6.04 Å². The average Bonchev–Trinajstić information content (AvgIpc) is 2.49. The van der Waals surface area contributed by atoms with Gasteiger partial charge in [-0.2, -0.15) is 0 Å². The molecule has 2 rings (SSSR count). The molecule has 0 bridgehead atoms. The van der Waals surface area contributed by atoms with Gasteiger partial charge in [0.2, 0.25) is 5.95 Å². The number of nitrogen functional groups attached to an aromatic ring is 1. The van der Waals surface area contributed by atoms with E-state index in [0.29, 0.717) is 18.2 Å². The molecule has 1 aromatic carbocycles. The number of benzene rings is 1. The van der Waals surface area contributed by atoms with Crippen molar-refractivity contribution >= 4 is 11.6 Å². The second-order valence-electron chi connectivity index (χ2n) is 4.98. The molecule has 2 aromatic rings. The lowest BCUT2D eigenvalue weighted by molar-refractivity contribution is 0.310. The number of anilines is 2. The zero-order chi connectivity index (χ0) is 15.2. The van der Waals surface area contributed by atoms with Gasteiger partial charge in [-0.1, -0.05) is 12.1 Å². The number of nitrogens with zero attached hydrogens (tertiary/aromatic N) is 3. The van der Waals surface area contributed by atoms with Crippen molar-refractivity contribution in [2.75, 3.05) is 38.8 Å². The first-order chi connectivity index (χ1) is 10.1. The first-order valence-corrected chi connectivity index (χ1v) is 6.72. The second-order valence-corrected chi connectivity index (χ2v) is 4.98. The number of hydrogen-bond acceptors (Lipinski definition) is 6. The van der Waals surface area contributed by atoms with Crippen molar-refractivity contribution < 1.29 is 4.74 Å². The lowest BCUT2D eigenvalue weighted by atomic mass is 10.1. The van der Waals surface area contributed by atoms with Crippen LogP contribution < -0.4 is 15.8 Å². The lowest BCUT2D eigenvalue weighted by Crippen LogP contribution is -2.27. The predicted octanol–water partition coefficient (Wildman–Crippen LogP) is 1.78. The number of likely N-dealkylation sites (N-methyl/N-ethyl adjacent to an activating group) is 1. The molecule has 0 aliphatic carbocycles. The number of nitrogens with two attached hydrogens (primary N) is 1. The van der Waals surface area contributed by atoms with Gasteiger partial charge in [0.25, 0.3) is 0 Å². The van der Waals surface area contributed by atoms with E-state index in [4.69, 9.17) is 10.5 Å². The van der Waals surface area contributed by atoms with Crippen LogP contribution in [0, 0.1) is 0 Å². The first-order valence-electron chi connectivity index (χ1n) is 6.72. The summed E-state index contributed by atoms with van der Waals surface area (Å²) in [6.07, 6.45) is 3.18. The van der Waals surface area contributed by atoms with Gasteiger partial charge in [0.05, 0.1) is 31.2 Å². The van der Waals surface area contributed by atoms with Crippen LogP contribution in [0.5, 0.6) is 5.75 Å². The Hall–Kier alpha value is -2.34. The van der Waals surface area contributed by atoms with Gasteiger partial charge >= 0.3 is 0 Å². The van der Waals surface area contributed by atoms with Crippen molar-refractivity contribution in [2.24, 2.45) is 0 Å². The predicted molar refractivity (Wildman–Crippen MR) is 84.4 cm³/mol. The minimum Gasteiger partial charge on any atom is -0.497 e. The Balaban J connectivity index is 2.10. The molecular formula is C15H21N5O. The van der Waals surface area contributed by atoms with Gasteiger partial charge in [0, 0.05) is 6.54 Å². The van der Waals surface area contributed by atoms with Crippen LogP contribution in [0.15, 0.2) is 36.7 Å². The third kappa shape index (κ3) is 4.06. The molecule has 1 unspecified atom stereocenters. The molecule has 6 nitrogen and oxygen atoms in total. The van der Waals surface area contributed by atoms with Gasteiger partial charge in [0.1, 0.15) is 5.75 Å². The summed E-state index contributed by atoms with van der Waals surface area (Å²) in [5.74, 6) is 1.42. The van der Waals surface area contributed by atoms with E-state index >= 15 is 0 Å². The van der Waals surface area contributed by atoms with E-state index in [2.05, 4.69) is 26.3 Å². The van der Waals surface area contributed by atoms with Crippen LogP contribution in [0.25, 0.3) is 0 Å². The SMILES string of the molecule is COc1cccc(C(CNc2ncc(N)cn2)N(C)C)c1. The Kier molecular flexibility index (Phi) is 4.94. The van der Waals surface area contributed by atoms with Crippen molar-refractivity contribution in [2.45, 2.75) is 6.04 Å². The van der Waals surface area contributed by atoms with Crippen molar-refractivity contribution in [3.63, 3.8) is 0 Å². The highest BCUT2D eigenvalue weighted by atomic mass is 16.5. The lowest BCUT2D eigenvalue weighted by Gasteiger charge is -2.25. The molecule has 1 atom stereocenters. The van der Waals surface area contributed by atoms with Crippen LogP contribution in [0.3, 0.4) is 0 Å². The van der Waals surface area contributed by atoms with Gasteiger partial charge in [-0.05, 0) is 31.8 Å². The van der Waals surface area contributed by atoms with Crippen molar-refractivity contribution in [3.8, 4) is 5.75 Å². The third-order valence-electron chi connectivity index (χ3n) is 3.23. The maximum Gasteiger partial charge on any atom is 0.222 e. The largest absolute Gasteiger partial charge is 0.497 e. The highest BCUT2D eigenvalue weighted by Gasteiger charge is 2.15. The maximum atomic E-state index is 5.58. The molecule has 1 aromatic heterocycles. The van der Waals surface area contributed by atoms with E-state index in [1.54, 1.807) is 19.5 Å². The first kappa shape index (κ1) is 15.1. The number of nitrogens with one attached hydrogen (secondary N) is 1. The third-order valence-corrected chi connectivity index (χ3v) is 3.23. The van der Waals surface area contributed by atoms with E-state index in [1.165, 1.54) is 5.56 Å². The fraction of sp³-hybridized carbons (Fsp3) is 0.333. The zero-order valence-corrected chi connectivity index (χ0v) is 12.6. The summed E-state index contributed by atoms with van der Waals surface area (Å²) in [4.78, 5) is 10.4. The smallest absolute Gasteiger partial charge is 0.222 e. The summed E-state index contributed by atoms with van der Waals surface area (Å²) in [5.41, 5.74) is 7.30. The fourth-order valence-corrected chi connectivity index (χ4v) is 2.06. The van der Waals surface area contributed by atoms with Crippen LogP contribution in [-0.4, -0.2) is 42.6 Å². The minimum atomic E-state index is 0.182. The van der Waals surface area contributed by atoms with Crippen LogP contribution in [0.4, 0.5) is 11.6 Å². The average molecular weight is 287 g/mol. The molecule has 0 saturated carbocycles. The van der Waals surface area contributed by atoms with E-state index in [1.807, 2.05) is 32.3 Å². The molecule has 1 heterocycles. The van der Waals surface area contributed by atoms with Crippen LogP contribution in [-0.2, 0) is 0 Å². The molecule has 0 aliphatic rings. The molecule has 112 valence electrons. The molecule has 0 radical (unpaired) electrons. The number of rotatable bonds is 6. The van der Waals surface area contributed by atoms with Gasteiger partial charge in [-0.3, -0.25) is 0 Å². The normalized spacial score (nSPS) is 12.2. The summed E-state index contributed by atoms with van der Waals surface area (Å²) in [6, 6.07) is 8.23. The van der Waals surface area contributed by atoms with Crippen LogP contribution in [0.2, 0.25) is 0 Å². The Morgan fingerprint density at radius 2 is 2.00 bits per heavy atom. The molecule has 0 amide bonds. The van der Waals surface area contributed by atoms with E-state index in [0.717, 1.165) is 5.75 Å². The molecule has 0 fully saturated rings.